The smallest absolute Gasteiger partial charge is 0.410 e. The summed E-state index contributed by atoms with van der Waals surface area (Å²) in [4.78, 5) is 21.1. The van der Waals surface area contributed by atoms with E-state index in [1.165, 1.54) is 0 Å². The number of hydrogen-bond acceptors (Lipinski definition) is 3. The minimum Gasteiger partial charge on any atom is -0.444 e. The third-order valence-corrected chi connectivity index (χ3v) is 3.67. The molecular weight excluding hydrogens is 242 g/mol. The number of hydrogen-bond donors (Lipinski definition) is 1. The highest BCUT2D eigenvalue weighted by molar-refractivity contribution is 5.68. The van der Waals surface area contributed by atoms with Gasteiger partial charge >= 0.3 is 6.09 Å². The lowest BCUT2D eigenvalue weighted by Gasteiger charge is -2.39. The molecule has 0 saturated carbocycles. The molecular formula is C14H23N3O2. The molecule has 5 heteroatoms. The van der Waals surface area contributed by atoms with E-state index in [2.05, 4.69) is 16.9 Å². The zero-order valence-electron chi connectivity index (χ0n) is 12.2. The fourth-order valence-electron chi connectivity index (χ4n) is 2.36. The van der Waals surface area contributed by atoms with Crippen LogP contribution < -0.4 is 0 Å². The lowest BCUT2D eigenvalue weighted by atomic mass is 9.78. The van der Waals surface area contributed by atoms with Crippen LogP contribution in [0.1, 0.15) is 46.2 Å². The number of ether oxygens (including phenoxy) is 1. The van der Waals surface area contributed by atoms with Crippen LogP contribution in [0.4, 0.5) is 4.79 Å². The van der Waals surface area contributed by atoms with E-state index in [9.17, 15) is 4.79 Å². The topological polar surface area (TPSA) is 58.2 Å². The molecule has 1 aliphatic rings. The SMILES string of the molecule is CC(C)(C)OC(=O)N1CCC(C)(c2cnc[nH]2)CC1. The summed E-state index contributed by atoms with van der Waals surface area (Å²) >= 11 is 0. The zero-order valence-corrected chi connectivity index (χ0v) is 12.2. The predicted octanol–water partition coefficient (Wildman–Crippen LogP) is 2.70. The van der Waals surface area contributed by atoms with Gasteiger partial charge in [-0.05, 0) is 33.6 Å². The molecule has 0 bridgehead atoms. The van der Waals surface area contributed by atoms with Gasteiger partial charge in [0.25, 0.3) is 0 Å². The number of likely N-dealkylation sites (tertiary alicyclic amines) is 1. The highest BCUT2D eigenvalue weighted by Gasteiger charge is 2.35. The number of amides is 1. The Kier molecular flexibility index (Phi) is 3.56. The highest BCUT2D eigenvalue weighted by atomic mass is 16.6. The van der Waals surface area contributed by atoms with Crippen LogP contribution in [0.5, 0.6) is 0 Å². The van der Waals surface area contributed by atoms with Gasteiger partial charge in [0.05, 0.1) is 6.33 Å². The monoisotopic (exact) mass is 265 g/mol. The Hall–Kier alpha value is -1.52. The number of carbonyl (C=O) groups is 1. The number of imidazole rings is 1. The van der Waals surface area contributed by atoms with E-state index < -0.39 is 5.60 Å². The first-order chi connectivity index (χ1) is 8.80. The fraction of sp³-hybridized carbons (Fsp3) is 0.714. The van der Waals surface area contributed by atoms with Gasteiger partial charge in [-0.15, -0.1) is 0 Å². The van der Waals surface area contributed by atoms with Crippen molar-refractivity contribution < 1.29 is 9.53 Å². The Bertz CT molecular complexity index is 426. The summed E-state index contributed by atoms with van der Waals surface area (Å²) in [5.74, 6) is 0. The van der Waals surface area contributed by atoms with Crippen molar-refractivity contribution in [1.82, 2.24) is 14.9 Å². The largest absolute Gasteiger partial charge is 0.444 e. The molecule has 1 aromatic rings. The second-order valence-electron chi connectivity index (χ2n) is 6.49. The first-order valence-corrected chi connectivity index (χ1v) is 6.77. The molecule has 0 aliphatic carbocycles. The summed E-state index contributed by atoms with van der Waals surface area (Å²) in [6, 6.07) is 0. The van der Waals surface area contributed by atoms with Crippen molar-refractivity contribution in [2.45, 2.75) is 51.6 Å². The van der Waals surface area contributed by atoms with E-state index in [1.54, 1.807) is 11.2 Å². The van der Waals surface area contributed by atoms with E-state index in [-0.39, 0.29) is 11.5 Å². The van der Waals surface area contributed by atoms with Crippen LogP contribution in [0.25, 0.3) is 0 Å². The number of carbonyl (C=O) groups excluding carboxylic acids is 1. The minimum absolute atomic E-state index is 0.0784. The first kappa shape index (κ1) is 13.9. The number of aromatic amines is 1. The molecule has 2 heterocycles. The molecule has 1 saturated heterocycles. The maximum Gasteiger partial charge on any atom is 0.410 e. The summed E-state index contributed by atoms with van der Waals surface area (Å²) < 4.78 is 5.40. The van der Waals surface area contributed by atoms with Crippen LogP contribution in [-0.4, -0.2) is 39.7 Å². The number of H-pyrrole nitrogens is 1. The molecule has 5 nitrogen and oxygen atoms in total. The molecule has 1 amide bonds. The lowest BCUT2D eigenvalue weighted by Crippen LogP contribution is -2.45. The Labute approximate surface area is 114 Å². The van der Waals surface area contributed by atoms with E-state index in [4.69, 9.17) is 4.74 Å². The molecule has 0 spiro atoms. The normalized spacial score (nSPS) is 19.3. The number of rotatable bonds is 1. The molecule has 0 unspecified atom stereocenters. The summed E-state index contributed by atoms with van der Waals surface area (Å²) in [6.07, 6.45) is 5.23. The maximum absolute atomic E-state index is 12.0. The average molecular weight is 265 g/mol. The first-order valence-electron chi connectivity index (χ1n) is 6.77. The number of nitrogens with zero attached hydrogens (tertiary/aromatic N) is 2. The standard InChI is InChI=1S/C14H23N3O2/c1-13(2,3)19-12(18)17-7-5-14(4,6-8-17)11-9-15-10-16-11/h9-10H,5-8H2,1-4H3,(H,15,16). The summed E-state index contributed by atoms with van der Waals surface area (Å²) in [5, 5.41) is 0. The quantitative estimate of drug-likeness (QED) is 0.849. The van der Waals surface area contributed by atoms with Gasteiger partial charge in [-0.2, -0.15) is 0 Å². The third kappa shape index (κ3) is 3.28. The predicted molar refractivity (Wildman–Crippen MR) is 73.0 cm³/mol. The van der Waals surface area contributed by atoms with Crippen molar-refractivity contribution in [3.8, 4) is 0 Å². The number of piperidine rings is 1. The van der Waals surface area contributed by atoms with Crippen LogP contribution >= 0.6 is 0 Å². The van der Waals surface area contributed by atoms with E-state index in [0.717, 1.165) is 31.6 Å². The van der Waals surface area contributed by atoms with Crippen LogP contribution in [0.2, 0.25) is 0 Å². The van der Waals surface area contributed by atoms with Gasteiger partial charge in [-0.1, -0.05) is 6.92 Å². The van der Waals surface area contributed by atoms with Gasteiger partial charge in [0.2, 0.25) is 0 Å². The minimum atomic E-state index is -0.429. The van der Waals surface area contributed by atoms with Crippen molar-refractivity contribution in [1.29, 1.82) is 0 Å². The van der Waals surface area contributed by atoms with Crippen molar-refractivity contribution in [3.05, 3.63) is 18.2 Å². The van der Waals surface area contributed by atoms with Gasteiger partial charge in [0.1, 0.15) is 5.60 Å². The molecule has 2 rings (SSSR count). The second kappa shape index (κ2) is 4.87. The Morgan fingerprint density at radius 1 is 1.42 bits per heavy atom. The van der Waals surface area contributed by atoms with Gasteiger partial charge < -0.3 is 14.6 Å². The van der Waals surface area contributed by atoms with Crippen molar-refractivity contribution in [3.63, 3.8) is 0 Å². The van der Waals surface area contributed by atoms with E-state index >= 15 is 0 Å². The van der Waals surface area contributed by atoms with Gasteiger partial charge in [-0.25, -0.2) is 9.78 Å². The van der Waals surface area contributed by atoms with Crippen molar-refractivity contribution >= 4 is 6.09 Å². The van der Waals surface area contributed by atoms with Crippen LogP contribution in [-0.2, 0) is 10.2 Å². The van der Waals surface area contributed by atoms with E-state index in [1.807, 2.05) is 27.0 Å². The third-order valence-electron chi connectivity index (χ3n) is 3.67. The molecule has 1 fully saturated rings. The number of aromatic nitrogens is 2. The van der Waals surface area contributed by atoms with E-state index in [0.29, 0.717) is 0 Å². The second-order valence-corrected chi connectivity index (χ2v) is 6.49. The Morgan fingerprint density at radius 2 is 2.05 bits per heavy atom. The Morgan fingerprint density at radius 3 is 2.53 bits per heavy atom. The molecule has 0 atom stereocenters. The molecule has 1 aromatic heterocycles. The summed E-state index contributed by atoms with van der Waals surface area (Å²) in [7, 11) is 0. The maximum atomic E-state index is 12.0. The summed E-state index contributed by atoms with van der Waals surface area (Å²) in [5.41, 5.74) is 0.798. The molecule has 1 aliphatic heterocycles. The lowest BCUT2D eigenvalue weighted by molar-refractivity contribution is 0.0170. The van der Waals surface area contributed by atoms with Crippen molar-refractivity contribution in [2.75, 3.05) is 13.1 Å². The van der Waals surface area contributed by atoms with Gasteiger partial charge in [-0.3, -0.25) is 0 Å². The molecule has 19 heavy (non-hydrogen) atoms. The highest BCUT2D eigenvalue weighted by Crippen LogP contribution is 2.33. The van der Waals surface area contributed by atoms with Gasteiger partial charge in [0.15, 0.2) is 0 Å². The molecule has 1 N–H and O–H groups in total. The Balaban J connectivity index is 1.94. The average Bonchev–Trinajstić information content (AvgIpc) is 2.81. The fourth-order valence-corrected chi connectivity index (χ4v) is 2.36. The molecule has 0 aromatic carbocycles. The summed E-state index contributed by atoms with van der Waals surface area (Å²) in [6.45, 7) is 9.35. The molecule has 0 radical (unpaired) electrons. The van der Waals surface area contributed by atoms with Crippen molar-refractivity contribution in [2.24, 2.45) is 0 Å². The van der Waals surface area contributed by atoms with Crippen LogP contribution in [0.3, 0.4) is 0 Å². The number of nitrogens with one attached hydrogen (secondary N) is 1. The zero-order chi connectivity index (χ0) is 14.1. The van der Waals surface area contributed by atoms with Gasteiger partial charge in [0, 0.05) is 30.4 Å². The van der Waals surface area contributed by atoms with Crippen LogP contribution in [0, 0.1) is 0 Å². The molecule has 106 valence electrons. The van der Waals surface area contributed by atoms with Crippen LogP contribution in [0.15, 0.2) is 12.5 Å².